The molecule has 19 nitrogen and oxygen atoms in total. The fourth-order valence-corrected chi connectivity index (χ4v) is 13.5. The molecule has 0 aromatic rings. The fourth-order valence-electron chi connectivity index (χ4n) is 13.5. The van der Waals surface area contributed by atoms with Crippen LogP contribution in [0.4, 0.5) is 0 Å². The molecule has 0 aromatic carbocycles. The molecule has 3 saturated heterocycles. The molecule has 4 aliphatic carbocycles. The van der Waals surface area contributed by atoms with E-state index in [2.05, 4.69) is 27.4 Å². The number of aliphatic hydroxyl groups excluding tert-OH is 12. The van der Waals surface area contributed by atoms with Gasteiger partial charge in [0, 0.05) is 17.8 Å². The Labute approximate surface area is 373 Å². The molecular weight excluding hydrogens is 844 g/mol. The Hall–Kier alpha value is -1.44. The van der Waals surface area contributed by atoms with Crippen LogP contribution in [0, 0.1) is 40.4 Å². The van der Waals surface area contributed by atoms with Crippen molar-refractivity contribution in [1.82, 2.24) is 0 Å². The number of aliphatic hydroxyl groups is 12. The maximum atomic E-state index is 12.3. The van der Waals surface area contributed by atoms with E-state index in [1.165, 1.54) is 0 Å². The second kappa shape index (κ2) is 19.2. The minimum atomic E-state index is -1.76. The van der Waals surface area contributed by atoms with Crippen LogP contribution in [0.1, 0.15) is 78.6 Å². The highest BCUT2D eigenvalue weighted by molar-refractivity contribution is 5.28. The summed E-state index contributed by atoms with van der Waals surface area (Å²) in [7, 11) is 0. The second-order valence-electron chi connectivity index (χ2n) is 20.5. The molecule has 19 heteroatoms. The average Bonchev–Trinajstić information content (AvgIpc) is 3.77. The van der Waals surface area contributed by atoms with Crippen LogP contribution in [0.15, 0.2) is 23.5 Å². The van der Waals surface area contributed by atoms with Gasteiger partial charge >= 0.3 is 0 Å². The average molecular weight is 917 g/mol. The van der Waals surface area contributed by atoms with Crippen LogP contribution < -0.4 is 0 Å². The van der Waals surface area contributed by atoms with Gasteiger partial charge in [-0.05, 0) is 93.0 Å². The van der Waals surface area contributed by atoms with Gasteiger partial charge in [0.15, 0.2) is 18.9 Å². The molecule has 4 aliphatic heterocycles. The molecule has 8 aliphatic rings. The van der Waals surface area contributed by atoms with Crippen LogP contribution in [0.25, 0.3) is 0 Å². The zero-order valence-electron chi connectivity index (χ0n) is 36.9. The Morgan fingerprint density at radius 1 is 0.672 bits per heavy atom. The maximum Gasteiger partial charge on any atom is 0.187 e. The van der Waals surface area contributed by atoms with Crippen LogP contribution in [-0.4, -0.2) is 198 Å². The first-order valence-corrected chi connectivity index (χ1v) is 23.2. The van der Waals surface area contributed by atoms with E-state index in [0.717, 1.165) is 37.0 Å². The van der Waals surface area contributed by atoms with Crippen molar-refractivity contribution in [1.29, 1.82) is 0 Å². The molecule has 25 atom stereocenters. The highest BCUT2D eigenvalue weighted by Crippen LogP contribution is 2.70. The zero-order chi connectivity index (χ0) is 46.2. The fraction of sp³-hybridized carbons (Fsp3) is 0.911. The van der Waals surface area contributed by atoms with Gasteiger partial charge in [-0.2, -0.15) is 0 Å². The van der Waals surface area contributed by atoms with E-state index in [1.54, 1.807) is 0 Å². The van der Waals surface area contributed by atoms with Crippen LogP contribution in [0.2, 0.25) is 0 Å². The first-order chi connectivity index (χ1) is 30.4. The Morgan fingerprint density at radius 2 is 1.27 bits per heavy atom. The first kappa shape index (κ1) is 49.0. The summed E-state index contributed by atoms with van der Waals surface area (Å²) >= 11 is 0. The number of rotatable bonds is 13. The topological polar surface area (TPSA) is 307 Å². The van der Waals surface area contributed by atoms with Gasteiger partial charge in [0.05, 0.1) is 44.4 Å². The summed E-state index contributed by atoms with van der Waals surface area (Å²) in [5.74, 6) is 2.09. The van der Waals surface area contributed by atoms with Crippen LogP contribution in [-0.2, 0) is 33.2 Å². The molecule has 4 heterocycles. The van der Waals surface area contributed by atoms with Crippen LogP contribution >= 0.6 is 0 Å². The van der Waals surface area contributed by atoms with Crippen molar-refractivity contribution in [3.8, 4) is 0 Å². The summed E-state index contributed by atoms with van der Waals surface area (Å²) in [5.41, 5.74) is 1.38. The third-order valence-electron chi connectivity index (χ3n) is 17.2. The molecule has 12 N–H and O–H groups in total. The van der Waals surface area contributed by atoms with Gasteiger partial charge in [-0.25, -0.2) is 0 Å². The van der Waals surface area contributed by atoms with Crippen molar-refractivity contribution in [2.24, 2.45) is 40.4 Å². The van der Waals surface area contributed by atoms with Crippen molar-refractivity contribution >= 4 is 0 Å². The molecule has 7 fully saturated rings. The van der Waals surface area contributed by atoms with E-state index < -0.39 is 118 Å². The van der Waals surface area contributed by atoms with E-state index in [4.69, 9.17) is 33.2 Å². The van der Waals surface area contributed by atoms with E-state index in [-0.39, 0.29) is 53.3 Å². The van der Waals surface area contributed by atoms with Gasteiger partial charge in [-0.1, -0.05) is 26.0 Å². The molecule has 0 bridgehead atoms. The monoisotopic (exact) mass is 916 g/mol. The lowest BCUT2D eigenvalue weighted by Crippen LogP contribution is -2.65. The van der Waals surface area contributed by atoms with Crippen molar-refractivity contribution in [3.63, 3.8) is 0 Å². The normalized spacial score (nSPS) is 52.6. The zero-order valence-corrected chi connectivity index (χ0v) is 36.9. The second-order valence-corrected chi connectivity index (χ2v) is 20.5. The standard InChI is InChI=1S/C45H72O19/c1-18(17-58-41-38(56)35(53)32(50)27(14-46)61-41)5-8-25-19(2)31-26(60-25)12-24-22-7-6-20-11-21(9-10-44(20,3)23(22)13-30(49)45(24,31)4)59-43-40(37(55)34(52)29(16-48)63-43)64-42-39(57)36(54)33(51)28(15-47)62-42/h20-24,26-43,46-57H,1,5-17H2,2-4H3/t20-,21+,22-,23+,24+,26+,27-,28-,29-,30-,31+,32-,33-,34+,35+,36+,37+,38-,39-,40-,41-,42+,43-,44+,45-/m1/s1. The Balaban J connectivity index is 0.889. The van der Waals surface area contributed by atoms with E-state index in [9.17, 15) is 61.3 Å². The van der Waals surface area contributed by atoms with E-state index in [0.29, 0.717) is 43.6 Å². The minimum Gasteiger partial charge on any atom is -0.494 e. The summed E-state index contributed by atoms with van der Waals surface area (Å²) in [6.45, 7) is 9.00. The quantitative estimate of drug-likeness (QED) is 0.0707. The van der Waals surface area contributed by atoms with Crippen molar-refractivity contribution in [3.05, 3.63) is 23.5 Å². The predicted octanol–water partition coefficient (Wildman–Crippen LogP) is -1.94. The van der Waals surface area contributed by atoms with E-state index in [1.807, 2.05) is 0 Å². The summed E-state index contributed by atoms with van der Waals surface area (Å²) in [6, 6.07) is 0. The largest absolute Gasteiger partial charge is 0.494 e. The van der Waals surface area contributed by atoms with Crippen molar-refractivity contribution in [2.75, 3.05) is 26.4 Å². The third-order valence-corrected chi connectivity index (χ3v) is 17.2. The summed E-state index contributed by atoms with van der Waals surface area (Å²) in [6.07, 6.45) is -16.3. The van der Waals surface area contributed by atoms with Crippen molar-refractivity contribution < 1.29 is 94.4 Å². The lowest BCUT2D eigenvalue weighted by Gasteiger charge is -2.62. The smallest absolute Gasteiger partial charge is 0.187 e. The Bertz CT molecular complexity index is 1660. The lowest BCUT2D eigenvalue weighted by molar-refractivity contribution is -0.373. The van der Waals surface area contributed by atoms with Gasteiger partial charge in [0.25, 0.3) is 0 Å². The maximum absolute atomic E-state index is 12.3. The molecule has 0 spiro atoms. The van der Waals surface area contributed by atoms with Gasteiger partial charge in [-0.3, -0.25) is 0 Å². The number of ether oxygens (including phenoxy) is 7. The number of allylic oxidation sites excluding steroid dienone is 1. The third kappa shape index (κ3) is 8.44. The minimum absolute atomic E-state index is 0.0301. The first-order valence-electron chi connectivity index (χ1n) is 23.2. The molecule has 0 amide bonds. The van der Waals surface area contributed by atoms with Crippen LogP contribution in [0.3, 0.4) is 0 Å². The highest BCUT2D eigenvalue weighted by atomic mass is 16.8. The molecule has 64 heavy (non-hydrogen) atoms. The molecular formula is C45H72O19. The van der Waals surface area contributed by atoms with Gasteiger partial charge in [0.1, 0.15) is 79.4 Å². The Kier molecular flexibility index (Phi) is 14.7. The number of hydrogen-bond donors (Lipinski definition) is 12. The predicted molar refractivity (Wildman–Crippen MR) is 219 cm³/mol. The number of hydrogen-bond acceptors (Lipinski definition) is 19. The Morgan fingerprint density at radius 3 is 1.91 bits per heavy atom. The summed E-state index contributed by atoms with van der Waals surface area (Å²) in [4.78, 5) is 0. The molecule has 366 valence electrons. The van der Waals surface area contributed by atoms with Gasteiger partial charge < -0.3 is 94.4 Å². The van der Waals surface area contributed by atoms with E-state index >= 15 is 0 Å². The highest BCUT2D eigenvalue weighted by Gasteiger charge is 2.68. The SMILES string of the molecule is C=C(CCC1=C(C)[C@H]2[C@H](C[C@H]3[C@@H]4CC[C@@H]5C[C@@H](O[C@@H]6O[C@H](CO)[C@H](O)[C@H](O)[C@H]6O[C@@H]6O[C@H](CO)[C@@H](O)[C@H](O)[C@H]6O)CC[C@]5(C)[C@H]4C[C@@H](O)[C@@]32C)O1)CO[C@@H]1O[C@H](CO)[C@@H](O)[C@H](O)[C@H]1O. The summed E-state index contributed by atoms with van der Waals surface area (Å²) in [5, 5.41) is 125. The van der Waals surface area contributed by atoms with Gasteiger partial charge in [0.2, 0.25) is 0 Å². The molecule has 0 radical (unpaired) electrons. The van der Waals surface area contributed by atoms with Crippen molar-refractivity contribution in [2.45, 2.75) is 189 Å². The molecule has 0 unspecified atom stereocenters. The van der Waals surface area contributed by atoms with Gasteiger partial charge in [-0.15, -0.1) is 0 Å². The molecule has 8 rings (SSSR count). The lowest BCUT2D eigenvalue weighted by atomic mass is 9.44. The summed E-state index contributed by atoms with van der Waals surface area (Å²) < 4.78 is 41.8. The molecule has 4 saturated carbocycles. The van der Waals surface area contributed by atoms with Crippen LogP contribution in [0.5, 0.6) is 0 Å². The molecule has 0 aromatic heterocycles. The number of fused-ring (bicyclic) bond motifs is 7.